The molecule has 80 valence electrons. The molecule has 3 unspecified atom stereocenters. The van der Waals surface area contributed by atoms with Crippen molar-refractivity contribution in [1.82, 2.24) is 5.32 Å². The minimum atomic E-state index is -0.448. The van der Waals surface area contributed by atoms with E-state index in [1.54, 1.807) is 14.2 Å². The van der Waals surface area contributed by atoms with Crippen molar-refractivity contribution in [3.8, 4) is 0 Å². The van der Waals surface area contributed by atoms with Gasteiger partial charge in [0.05, 0.1) is 18.8 Å². The summed E-state index contributed by atoms with van der Waals surface area (Å²) in [6.45, 7) is 4.90. The van der Waals surface area contributed by atoms with E-state index >= 15 is 0 Å². The van der Waals surface area contributed by atoms with E-state index in [-0.39, 0.29) is 12.1 Å². The van der Waals surface area contributed by atoms with Gasteiger partial charge in [0, 0.05) is 26.8 Å². The highest BCUT2D eigenvalue weighted by Crippen LogP contribution is 1.95. The lowest BCUT2D eigenvalue weighted by Crippen LogP contribution is -2.41. The number of methoxy groups -OCH3 is 2. The summed E-state index contributed by atoms with van der Waals surface area (Å²) in [5, 5.41) is 12.5. The molecule has 0 aromatic carbocycles. The van der Waals surface area contributed by atoms with Crippen LogP contribution in [-0.2, 0) is 9.47 Å². The SMILES string of the molecule is COCC(O)CNC(C)C(C)OC. The zero-order valence-electron chi connectivity index (χ0n) is 8.91. The highest BCUT2D eigenvalue weighted by molar-refractivity contribution is 4.70. The smallest absolute Gasteiger partial charge is 0.0897 e. The molecule has 0 aliphatic carbocycles. The van der Waals surface area contributed by atoms with Gasteiger partial charge in [-0.25, -0.2) is 0 Å². The van der Waals surface area contributed by atoms with Gasteiger partial charge in [-0.3, -0.25) is 0 Å². The maximum Gasteiger partial charge on any atom is 0.0897 e. The Morgan fingerprint density at radius 3 is 2.38 bits per heavy atom. The van der Waals surface area contributed by atoms with Crippen LogP contribution in [0.25, 0.3) is 0 Å². The van der Waals surface area contributed by atoms with E-state index in [1.165, 1.54) is 0 Å². The van der Waals surface area contributed by atoms with Gasteiger partial charge in [-0.2, -0.15) is 0 Å². The molecular weight excluding hydrogens is 170 g/mol. The third-order valence-corrected chi connectivity index (χ3v) is 2.11. The molecule has 0 aromatic heterocycles. The Balaban J connectivity index is 3.50. The van der Waals surface area contributed by atoms with Crippen LogP contribution in [0.4, 0.5) is 0 Å². The summed E-state index contributed by atoms with van der Waals surface area (Å²) in [5.41, 5.74) is 0. The second kappa shape index (κ2) is 7.26. The molecule has 4 heteroatoms. The molecule has 0 amide bonds. The maximum atomic E-state index is 9.32. The van der Waals surface area contributed by atoms with Gasteiger partial charge in [-0.1, -0.05) is 0 Å². The van der Waals surface area contributed by atoms with E-state index in [9.17, 15) is 5.11 Å². The topological polar surface area (TPSA) is 50.7 Å². The van der Waals surface area contributed by atoms with Gasteiger partial charge in [-0.05, 0) is 13.8 Å². The lowest BCUT2D eigenvalue weighted by Gasteiger charge is -2.21. The van der Waals surface area contributed by atoms with Gasteiger partial charge in [0.2, 0.25) is 0 Å². The van der Waals surface area contributed by atoms with Gasteiger partial charge < -0.3 is 19.9 Å². The molecule has 3 atom stereocenters. The van der Waals surface area contributed by atoms with Crippen molar-refractivity contribution in [1.29, 1.82) is 0 Å². The lowest BCUT2D eigenvalue weighted by molar-refractivity contribution is 0.0504. The van der Waals surface area contributed by atoms with E-state index < -0.39 is 6.10 Å². The van der Waals surface area contributed by atoms with Gasteiger partial charge >= 0.3 is 0 Å². The Morgan fingerprint density at radius 2 is 1.92 bits per heavy atom. The summed E-state index contributed by atoms with van der Waals surface area (Å²) in [5.74, 6) is 0. The normalized spacial score (nSPS) is 18.2. The summed E-state index contributed by atoms with van der Waals surface area (Å²) >= 11 is 0. The van der Waals surface area contributed by atoms with Crippen molar-refractivity contribution in [2.24, 2.45) is 0 Å². The van der Waals surface area contributed by atoms with E-state index in [0.29, 0.717) is 13.2 Å². The summed E-state index contributed by atoms with van der Waals surface area (Å²) in [4.78, 5) is 0. The van der Waals surface area contributed by atoms with Crippen molar-refractivity contribution >= 4 is 0 Å². The lowest BCUT2D eigenvalue weighted by atomic mass is 10.2. The molecule has 0 aromatic rings. The van der Waals surface area contributed by atoms with Crippen LogP contribution in [0.1, 0.15) is 13.8 Å². The number of aliphatic hydroxyl groups is 1. The molecule has 0 saturated heterocycles. The fraction of sp³-hybridized carbons (Fsp3) is 1.00. The minimum absolute atomic E-state index is 0.148. The van der Waals surface area contributed by atoms with E-state index in [0.717, 1.165) is 0 Å². The Morgan fingerprint density at radius 1 is 1.31 bits per heavy atom. The first-order valence-corrected chi connectivity index (χ1v) is 4.55. The predicted molar refractivity (Wildman–Crippen MR) is 51.8 cm³/mol. The molecule has 0 fully saturated rings. The molecular formula is C9H21NO3. The van der Waals surface area contributed by atoms with Crippen molar-refractivity contribution in [3.05, 3.63) is 0 Å². The van der Waals surface area contributed by atoms with Crippen LogP contribution >= 0.6 is 0 Å². The van der Waals surface area contributed by atoms with Crippen LogP contribution in [0.15, 0.2) is 0 Å². The number of ether oxygens (including phenoxy) is 2. The minimum Gasteiger partial charge on any atom is -0.389 e. The van der Waals surface area contributed by atoms with Crippen molar-refractivity contribution in [3.63, 3.8) is 0 Å². The van der Waals surface area contributed by atoms with Crippen LogP contribution in [0.2, 0.25) is 0 Å². The monoisotopic (exact) mass is 191 g/mol. The zero-order valence-corrected chi connectivity index (χ0v) is 8.91. The fourth-order valence-electron chi connectivity index (χ4n) is 0.943. The molecule has 13 heavy (non-hydrogen) atoms. The zero-order chi connectivity index (χ0) is 10.3. The summed E-state index contributed by atoms with van der Waals surface area (Å²) in [6.07, 6.45) is -0.300. The van der Waals surface area contributed by atoms with Crippen LogP contribution in [0.5, 0.6) is 0 Å². The van der Waals surface area contributed by atoms with Gasteiger partial charge in [0.15, 0.2) is 0 Å². The molecule has 0 aliphatic heterocycles. The molecule has 0 heterocycles. The van der Waals surface area contributed by atoms with Crippen molar-refractivity contribution in [2.45, 2.75) is 32.1 Å². The molecule has 0 spiro atoms. The van der Waals surface area contributed by atoms with Crippen LogP contribution in [-0.4, -0.2) is 50.7 Å². The third kappa shape index (κ3) is 5.99. The first kappa shape index (κ1) is 12.8. The van der Waals surface area contributed by atoms with Crippen LogP contribution in [0.3, 0.4) is 0 Å². The van der Waals surface area contributed by atoms with Crippen molar-refractivity contribution < 1.29 is 14.6 Å². The summed E-state index contributed by atoms with van der Waals surface area (Å²) < 4.78 is 9.93. The highest BCUT2D eigenvalue weighted by atomic mass is 16.5. The molecule has 0 saturated carbocycles. The molecule has 0 bridgehead atoms. The molecule has 2 N–H and O–H groups in total. The van der Waals surface area contributed by atoms with E-state index in [2.05, 4.69) is 5.32 Å². The van der Waals surface area contributed by atoms with E-state index in [4.69, 9.17) is 9.47 Å². The van der Waals surface area contributed by atoms with Crippen LogP contribution in [0, 0.1) is 0 Å². The van der Waals surface area contributed by atoms with Crippen LogP contribution < -0.4 is 5.32 Å². The highest BCUT2D eigenvalue weighted by Gasteiger charge is 2.12. The first-order valence-electron chi connectivity index (χ1n) is 4.55. The predicted octanol–water partition coefficient (Wildman–Crippen LogP) is 0.00670. The number of rotatable bonds is 7. The average Bonchev–Trinajstić information content (AvgIpc) is 2.13. The summed E-state index contributed by atoms with van der Waals surface area (Å²) in [7, 11) is 3.25. The second-order valence-electron chi connectivity index (χ2n) is 3.25. The largest absolute Gasteiger partial charge is 0.389 e. The van der Waals surface area contributed by atoms with E-state index in [1.807, 2.05) is 13.8 Å². The Labute approximate surface area is 80.2 Å². The number of hydrogen-bond acceptors (Lipinski definition) is 4. The first-order chi connectivity index (χ1) is 6.11. The molecule has 4 nitrogen and oxygen atoms in total. The Hall–Kier alpha value is -0.160. The maximum absolute atomic E-state index is 9.32. The molecule has 0 radical (unpaired) electrons. The van der Waals surface area contributed by atoms with Crippen molar-refractivity contribution in [2.75, 3.05) is 27.4 Å². The molecule has 0 aliphatic rings. The second-order valence-corrected chi connectivity index (χ2v) is 3.25. The third-order valence-electron chi connectivity index (χ3n) is 2.11. The number of hydrogen-bond donors (Lipinski definition) is 2. The fourth-order valence-corrected chi connectivity index (χ4v) is 0.943. The summed E-state index contributed by atoms with van der Waals surface area (Å²) in [6, 6.07) is 0.233. The van der Waals surface area contributed by atoms with Gasteiger partial charge in [-0.15, -0.1) is 0 Å². The van der Waals surface area contributed by atoms with Gasteiger partial charge in [0.1, 0.15) is 0 Å². The quantitative estimate of drug-likeness (QED) is 0.595. The van der Waals surface area contributed by atoms with Gasteiger partial charge in [0.25, 0.3) is 0 Å². The standard InChI is InChI=1S/C9H21NO3/c1-7(8(2)13-4)10-5-9(11)6-12-3/h7-11H,5-6H2,1-4H3. The number of nitrogens with one attached hydrogen (secondary N) is 1. The Bertz CT molecular complexity index is 121. The average molecular weight is 191 g/mol. The molecule has 0 rings (SSSR count). The number of aliphatic hydroxyl groups excluding tert-OH is 1. The Kier molecular flexibility index (Phi) is 7.17.